The zero-order valence-corrected chi connectivity index (χ0v) is 40.0. The Bertz CT molecular complexity index is 1580. The zero-order valence-electron chi connectivity index (χ0n) is 38.0. The molecular formula is C46H76O9Si2. The average Bonchev–Trinajstić information content (AvgIpc) is 3.47. The van der Waals surface area contributed by atoms with Gasteiger partial charge in [0.15, 0.2) is 22.4 Å². The predicted octanol–water partition coefficient (Wildman–Crippen LogP) is 10.4. The number of carbonyl (C=O) groups is 2. The number of rotatable bonds is 8. The highest BCUT2D eigenvalue weighted by Crippen LogP contribution is 2.52. The van der Waals surface area contributed by atoms with Crippen LogP contribution in [0.1, 0.15) is 114 Å². The van der Waals surface area contributed by atoms with E-state index < -0.39 is 58.4 Å². The maximum Gasteiger partial charge on any atom is 0.316 e. The van der Waals surface area contributed by atoms with Gasteiger partial charge >= 0.3 is 11.9 Å². The minimum atomic E-state index is -2.38. The number of allylic oxidation sites excluding steroid dienone is 2. The van der Waals surface area contributed by atoms with Gasteiger partial charge in [0.2, 0.25) is 0 Å². The van der Waals surface area contributed by atoms with Crippen LogP contribution >= 0.6 is 0 Å². The number of carbonyl (C=O) groups excluding carboxylic acids is 2. The Hall–Kier alpha value is -1.87. The summed E-state index contributed by atoms with van der Waals surface area (Å²) in [7, 11) is -4.69. The topological polar surface area (TPSA) is 98.8 Å². The monoisotopic (exact) mass is 829 g/mol. The molecule has 1 unspecified atom stereocenters. The van der Waals surface area contributed by atoms with E-state index in [-0.39, 0.29) is 41.7 Å². The Labute approximate surface area is 347 Å². The van der Waals surface area contributed by atoms with Gasteiger partial charge in [-0.15, -0.1) is 0 Å². The van der Waals surface area contributed by atoms with Crippen molar-refractivity contribution < 1.29 is 42.1 Å². The zero-order chi connectivity index (χ0) is 42.3. The Morgan fingerprint density at radius 3 is 2.35 bits per heavy atom. The van der Waals surface area contributed by atoms with Crippen LogP contribution in [0.15, 0.2) is 47.1 Å². The first-order valence-electron chi connectivity index (χ1n) is 21.9. The van der Waals surface area contributed by atoms with Gasteiger partial charge in [0.1, 0.15) is 29.8 Å². The summed E-state index contributed by atoms with van der Waals surface area (Å²) in [5.41, 5.74) is 1.66. The number of hydrogen-bond donors (Lipinski definition) is 0. The summed E-state index contributed by atoms with van der Waals surface area (Å²) in [5.74, 6) is -1.57. The van der Waals surface area contributed by atoms with E-state index in [1.807, 2.05) is 19.9 Å². The van der Waals surface area contributed by atoms with Crippen LogP contribution in [-0.4, -0.2) is 83.2 Å². The minimum absolute atomic E-state index is 0.0405. The number of fused-ring (bicyclic) bond motifs is 2. The molecule has 5 rings (SSSR count). The first-order valence-corrected chi connectivity index (χ1v) is 28.3. The van der Waals surface area contributed by atoms with E-state index in [4.69, 9.17) is 32.5 Å². The van der Waals surface area contributed by atoms with E-state index in [9.17, 15) is 4.79 Å². The van der Waals surface area contributed by atoms with Crippen molar-refractivity contribution in [3.63, 3.8) is 0 Å². The lowest BCUT2D eigenvalue weighted by Gasteiger charge is -2.52. The summed E-state index contributed by atoms with van der Waals surface area (Å²) in [6, 6.07) is 0. The molecule has 0 saturated carbocycles. The molecule has 12 atom stereocenters. The van der Waals surface area contributed by atoms with Gasteiger partial charge < -0.3 is 32.5 Å². The highest BCUT2D eigenvalue weighted by Gasteiger charge is 2.64. The van der Waals surface area contributed by atoms with Gasteiger partial charge in [0.25, 0.3) is 0 Å². The number of esters is 2. The molecule has 0 aromatic rings. The van der Waals surface area contributed by atoms with Crippen molar-refractivity contribution >= 4 is 28.6 Å². The summed E-state index contributed by atoms with van der Waals surface area (Å²) >= 11 is 0. The van der Waals surface area contributed by atoms with E-state index in [0.717, 1.165) is 36.0 Å². The summed E-state index contributed by atoms with van der Waals surface area (Å²) in [5, 5.41) is -0.0424. The SMILES string of the molecule is CCC(=O)O[C@H]1/C(C)=C/C[C@@H]2C[C@@H](C[C@]3(CC[C@H](C)[C@@H](C(C)CC)O3)O2)OC(=O)[C@@H]2C=C(C)[C@@H](O[Si](C)(C)C(C)(C)C)[C@H]3OC/C(=C\C=C\[C@@H]1C)[C@]32O[Si](C)(C)C. The largest absolute Gasteiger partial charge is 0.462 e. The molecule has 9 nitrogen and oxygen atoms in total. The fourth-order valence-electron chi connectivity index (χ4n) is 9.27. The lowest BCUT2D eigenvalue weighted by atomic mass is 9.71. The third-order valence-corrected chi connectivity index (χ3v) is 19.0. The second kappa shape index (κ2) is 17.6. The molecule has 3 saturated heterocycles. The molecule has 2 bridgehead atoms. The van der Waals surface area contributed by atoms with Crippen molar-refractivity contribution in [2.45, 2.75) is 200 Å². The van der Waals surface area contributed by atoms with Gasteiger partial charge in [-0.25, -0.2) is 0 Å². The maximum atomic E-state index is 15.2. The van der Waals surface area contributed by atoms with Crippen LogP contribution in [0, 0.1) is 23.7 Å². The fourth-order valence-corrected chi connectivity index (χ4v) is 12.0. The molecule has 0 aromatic carbocycles. The summed E-state index contributed by atoms with van der Waals surface area (Å²) in [6.07, 6.45) is 12.8. The molecule has 0 aromatic heterocycles. The smallest absolute Gasteiger partial charge is 0.316 e. The molecule has 4 heterocycles. The Kier molecular flexibility index (Phi) is 14.3. The van der Waals surface area contributed by atoms with Gasteiger partial charge in [-0.1, -0.05) is 92.2 Å². The highest BCUT2D eigenvalue weighted by atomic mass is 28.4. The molecule has 4 aliphatic heterocycles. The van der Waals surface area contributed by atoms with Gasteiger partial charge in [-0.2, -0.15) is 0 Å². The Morgan fingerprint density at radius 2 is 1.72 bits per heavy atom. The van der Waals surface area contributed by atoms with E-state index >= 15 is 4.79 Å². The summed E-state index contributed by atoms with van der Waals surface area (Å²) < 4.78 is 48.4. The third kappa shape index (κ3) is 10.0. The van der Waals surface area contributed by atoms with Crippen molar-refractivity contribution in [2.75, 3.05) is 6.61 Å². The van der Waals surface area contributed by atoms with E-state index in [1.54, 1.807) is 0 Å². The first-order chi connectivity index (χ1) is 26.5. The minimum Gasteiger partial charge on any atom is -0.462 e. The van der Waals surface area contributed by atoms with Gasteiger partial charge in [-0.05, 0) is 93.0 Å². The Balaban J connectivity index is 1.68. The lowest BCUT2D eigenvalue weighted by molar-refractivity contribution is -0.340. The van der Waals surface area contributed by atoms with Crippen molar-refractivity contribution in [3.05, 3.63) is 47.1 Å². The molecule has 11 heteroatoms. The average molecular weight is 829 g/mol. The van der Waals surface area contributed by atoms with Crippen LogP contribution in [0.4, 0.5) is 0 Å². The first kappa shape index (κ1) is 46.2. The van der Waals surface area contributed by atoms with Crippen LogP contribution in [0.25, 0.3) is 0 Å². The van der Waals surface area contributed by atoms with E-state index in [0.29, 0.717) is 37.5 Å². The van der Waals surface area contributed by atoms with Crippen LogP contribution in [0.3, 0.4) is 0 Å². The number of hydrogen-bond acceptors (Lipinski definition) is 9. The van der Waals surface area contributed by atoms with Crippen LogP contribution < -0.4 is 0 Å². The Morgan fingerprint density at radius 1 is 1.02 bits per heavy atom. The lowest BCUT2D eigenvalue weighted by Crippen LogP contribution is -2.64. The maximum absolute atomic E-state index is 15.2. The van der Waals surface area contributed by atoms with Crippen molar-refractivity contribution in [1.29, 1.82) is 0 Å². The molecule has 1 spiro atoms. The van der Waals surface area contributed by atoms with Gasteiger partial charge in [-0.3, -0.25) is 9.59 Å². The molecule has 0 radical (unpaired) electrons. The van der Waals surface area contributed by atoms with Gasteiger partial charge in [0, 0.05) is 31.6 Å². The molecule has 0 amide bonds. The molecule has 3 fully saturated rings. The van der Waals surface area contributed by atoms with Crippen molar-refractivity contribution in [1.82, 2.24) is 0 Å². The molecule has 57 heavy (non-hydrogen) atoms. The van der Waals surface area contributed by atoms with Crippen molar-refractivity contribution in [3.8, 4) is 0 Å². The highest BCUT2D eigenvalue weighted by molar-refractivity contribution is 6.74. The van der Waals surface area contributed by atoms with Gasteiger partial charge in [0.05, 0.1) is 24.9 Å². The van der Waals surface area contributed by atoms with Crippen LogP contribution in [0.2, 0.25) is 37.8 Å². The number of ether oxygens (including phenoxy) is 5. The quantitative estimate of drug-likeness (QED) is 0.135. The fraction of sp³-hybridized carbons (Fsp3) is 0.783. The second-order valence-electron chi connectivity index (χ2n) is 20.4. The standard InChI is InChI=1S/C46H76O9Si2/c1-16-29(3)40-32(6)23-24-45(53-40)27-36-26-35(52-45)22-21-31(5)39(51-38(47)17-2)30(4)19-18-20-34-28-49-42-41(54-57(14,15)44(8,9)10)33(7)25-37(43(48)50-36)46(34,42)55-56(11,12)13/h18-21,25,29-30,32,35-37,39-42H,16-17,22-24,26-28H2,1-15H3/b19-18+,31-21+,34-20+/t29?,30-,32-,35+,36-,37-,39+,40+,41+,42+,45+,46+/m0/s1. The van der Waals surface area contributed by atoms with E-state index in [1.165, 1.54) is 0 Å². The van der Waals surface area contributed by atoms with E-state index in [2.05, 4.69) is 112 Å². The van der Waals surface area contributed by atoms with Crippen LogP contribution in [0.5, 0.6) is 0 Å². The van der Waals surface area contributed by atoms with Crippen molar-refractivity contribution in [2.24, 2.45) is 23.7 Å². The second-order valence-corrected chi connectivity index (χ2v) is 29.6. The molecule has 1 aliphatic carbocycles. The molecule has 0 N–H and O–H groups in total. The molecule has 5 aliphatic rings. The summed E-state index contributed by atoms with van der Waals surface area (Å²) in [6.45, 7) is 32.8. The molecule has 322 valence electrons. The van der Waals surface area contributed by atoms with Crippen LogP contribution in [-0.2, 0) is 42.1 Å². The summed E-state index contributed by atoms with van der Waals surface area (Å²) in [4.78, 5) is 28.0. The third-order valence-electron chi connectivity index (χ3n) is 13.6. The predicted molar refractivity (Wildman–Crippen MR) is 231 cm³/mol. The molecular weight excluding hydrogens is 753 g/mol. The normalized spacial score (nSPS) is 39.8.